The third-order valence-corrected chi connectivity index (χ3v) is 4.57. The summed E-state index contributed by atoms with van der Waals surface area (Å²) in [6.07, 6.45) is 1.00. The molecule has 0 aliphatic carbocycles. The van der Waals surface area contributed by atoms with Crippen LogP contribution in [0.4, 0.5) is 0 Å². The van der Waals surface area contributed by atoms with Crippen LogP contribution in [0, 0.1) is 0 Å². The molecule has 1 aromatic heterocycles. The number of nitrogens with two attached hydrogens (primary N) is 1. The van der Waals surface area contributed by atoms with Gasteiger partial charge in [0, 0.05) is 38.0 Å². The van der Waals surface area contributed by atoms with Crippen molar-refractivity contribution in [2.45, 2.75) is 12.8 Å². The molecule has 0 fully saturated rings. The van der Waals surface area contributed by atoms with Crippen molar-refractivity contribution >= 4 is 22.7 Å². The number of aromatic nitrogens is 2. The molecule has 4 N–H and O–H groups in total. The molecule has 0 bridgehead atoms. The summed E-state index contributed by atoms with van der Waals surface area (Å²) in [7, 11) is 0. The molecule has 0 spiro atoms. The molecule has 28 heavy (non-hydrogen) atoms. The summed E-state index contributed by atoms with van der Waals surface area (Å²) >= 11 is 0. The minimum Gasteiger partial charge on any atom is -0.350 e. The summed E-state index contributed by atoms with van der Waals surface area (Å²) < 4.78 is 0. The van der Waals surface area contributed by atoms with Crippen molar-refractivity contribution in [1.82, 2.24) is 20.4 Å². The molecule has 1 heterocycles. The summed E-state index contributed by atoms with van der Waals surface area (Å²) in [6, 6.07) is 17.5. The molecular weight excluding hydrogens is 354 g/mol. The molecule has 0 aliphatic rings. The van der Waals surface area contributed by atoms with E-state index in [1.165, 1.54) is 5.56 Å². The maximum Gasteiger partial charge on any atom is 0.272 e. The first kappa shape index (κ1) is 19.6. The molecule has 0 atom stereocenters. The van der Waals surface area contributed by atoms with Crippen LogP contribution in [0.25, 0.3) is 10.9 Å². The van der Waals surface area contributed by atoms with Crippen molar-refractivity contribution in [3.8, 4) is 0 Å². The number of rotatable bonds is 9. The van der Waals surface area contributed by atoms with Crippen LogP contribution in [0.1, 0.15) is 22.5 Å². The van der Waals surface area contributed by atoms with E-state index in [0.717, 1.165) is 17.3 Å². The Labute approximate surface area is 163 Å². The zero-order valence-electron chi connectivity index (χ0n) is 15.7. The monoisotopic (exact) mass is 379 g/mol. The minimum atomic E-state index is -0.292. The van der Waals surface area contributed by atoms with Gasteiger partial charge in [0.15, 0.2) is 5.69 Å². The molecule has 0 saturated carbocycles. The number of carbonyl (C=O) groups is 2. The predicted octanol–water partition coefficient (Wildman–Crippen LogP) is 1.71. The van der Waals surface area contributed by atoms with Crippen LogP contribution in [0.2, 0.25) is 0 Å². The predicted molar refractivity (Wildman–Crippen MR) is 109 cm³/mol. The number of para-hydroxylation sites is 1. The quantitative estimate of drug-likeness (QED) is 0.526. The second-order valence-corrected chi connectivity index (χ2v) is 6.53. The molecule has 3 rings (SSSR count). The Morgan fingerprint density at radius 2 is 1.79 bits per heavy atom. The van der Waals surface area contributed by atoms with E-state index >= 15 is 0 Å². The Hall–Kier alpha value is -3.19. The molecule has 7 nitrogen and oxygen atoms in total. The molecule has 0 aliphatic heterocycles. The van der Waals surface area contributed by atoms with Gasteiger partial charge in [0.1, 0.15) is 0 Å². The van der Waals surface area contributed by atoms with E-state index in [4.69, 9.17) is 5.73 Å². The first-order valence-corrected chi connectivity index (χ1v) is 9.42. The highest BCUT2D eigenvalue weighted by Crippen LogP contribution is 2.14. The van der Waals surface area contributed by atoms with E-state index in [2.05, 4.69) is 15.5 Å². The number of nitrogens with one attached hydrogen (secondary N) is 2. The lowest BCUT2D eigenvalue weighted by Gasteiger charge is -2.22. The Kier molecular flexibility index (Phi) is 6.75. The third-order valence-electron chi connectivity index (χ3n) is 4.57. The van der Waals surface area contributed by atoms with Crippen LogP contribution in [-0.2, 0) is 11.2 Å². The normalized spacial score (nSPS) is 10.8. The van der Waals surface area contributed by atoms with Crippen molar-refractivity contribution in [3.05, 3.63) is 65.9 Å². The van der Waals surface area contributed by atoms with Gasteiger partial charge < -0.3 is 16.0 Å². The summed E-state index contributed by atoms with van der Waals surface area (Å²) in [4.78, 5) is 26.7. The number of hydrogen-bond acceptors (Lipinski definition) is 4. The molecule has 7 heteroatoms. The standard InChI is InChI=1S/C21H25N5O2/c22-12-15-26(14-11-16-6-2-1-3-7-16)19(27)10-13-23-21(28)20-17-8-4-5-9-18(17)24-25-20/h1-9H,10-15,22H2,(H,23,28)(H,24,25). The molecule has 0 radical (unpaired) electrons. The largest absolute Gasteiger partial charge is 0.350 e. The lowest BCUT2D eigenvalue weighted by atomic mass is 10.1. The number of aromatic amines is 1. The van der Waals surface area contributed by atoms with Crippen LogP contribution in [0.15, 0.2) is 54.6 Å². The van der Waals surface area contributed by atoms with Gasteiger partial charge in [0.2, 0.25) is 5.91 Å². The first-order valence-electron chi connectivity index (χ1n) is 9.42. The highest BCUT2D eigenvalue weighted by atomic mass is 16.2. The number of H-pyrrole nitrogens is 1. The second kappa shape index (κ2) is 9.66. The van der Waals surface area contributed by atoms with Crippen molar-refractivity contribution in [2.24, 2.45) is 5.73 Å². The van der Waals surface area contributed by atoms with Crippen LogP contribution in [-0.4, -0.2) is 53.1 Å². The maximum atomic E-state index is 12.5. The van der Waals surface area contributed by atoms with E-state index in [9.17, 15) is 9.59 Å². The smallest absolute Gasteiger partial charge is 0.272 e. The van der Waals surface area contributed by atoms with Gasteiger partial charge in [0.05, 0.1) is 5.52 Å². The Bertz CT molecular complexity index is 923. The highest BCUT2D eigenvalue weighted by Gasteiger charge is 2.16. The van der Waals surface area contributed by atoms with Crippen LogP contribution >= 0.6 is 0 Å². The number of benzene rings is 2. The summed E-state index contributed by atoms with van der Waals surface area (Å²) in [5.74, 6) is -0.312. The summed E-state index contributed by atoms with van der Waals surface area (Å²) in [5.41, 5.74) is 7.97. The number of nitrogens with zero attached hydrogens (tertiary/aromatic N) is 2. The maximum absolute atomic E-state index is 12.5. The lowest BCUT2D eigenvalue weighted by molar-refractivity contribution is -0.130. The highest BCUT2D eigenvalue weighted by molar-refractivity contribution is 6.04. The SMILES string of the molecule is NCCN(CCc1ccccc1)C(=O)CCNC(=O)c1n[nH]c2ccccc12. The zero-order valence-corrected chi connectivity index (χ0v) is 15.7. The average Bonchev–Trinajstić information content (AvgIpc) is 3.16. The third kappa shape index (κ3) is 4.95. The minimum absolute atomic E-state index is 0.0198. The van der Waals surface area contributed by atoms with E-state index in [0.29, 0.717) is 25.3 Å². The van der Waals surface area contributed by atoms with E-state index < -0.39 is 0 Å². The summed E-state index contributed by atoms with van der Waals surface area (Å²) in [6.45, 7) is 1.78. The lowest BCUT2D eigenvalue weighted by Crippen LogP contribution is -2.38. The number of amides is 2. The topological polar surface area (TPSA) is 104 Å². The second-order valence-electron chi connectivity index (χ2n) is 6.53. The van der Waals surface area contributed by atoms with E-state index in [-0.39, 0.29) is 24.8 Å². The molecule has 2 aromatic carbocycles. The number of carbonyl (C=O) groups excluding carboxylic acids is 2. The van der Waals surface area contributed by atoms with Crippen molar-refractivity contribution in [3.63, 3.8) is 0 Å². The molecule has 2 amide bonds. The van der Waals surface area contributed by atoms with Crippen molar-refractivity contribution < 1.29 is 9.59 Å². The fourth-order valence-electron chi connectivity index (χ4n) is 3.09. The van der Waals surface area contributed by atoms with Crippen LogP contribution in [0.3, 0.4) is 0 Å². The molecule has 0 unspecified atom stereocenters. The van der Waals surface area contributed by atoms with Gasteiger partial charge in [-0.25, -0.2) is 0 Å². The van der Waals surface area contributed by atoms with Gasteiger partial charge in [-0.05, 0) is 18.1 Å². The van der Waals surface area contributed by atoms with Gasteiger partial charge in [-0.3, -0.25) is 14.7 Å². The Morgan fingerprint density at radius 3 is 2.57 bits per heavy atom. The van der Waals surface area contributed by atoms with Gasteiger partial charge in [0.25, 0.3) is 5.91 Å². The van der Waals surface area contributed by atoms with Crippen LogP contribution < -0.4 is 11.1 Å². The Morgan fingerprint density at radius 1 is 1.04 bits per heavy atom. The average molecular weight is 379 g/mol. The Balaban J connectivity index is 1.50. The number of fused-ring (bicyclic) bond motifs is 1. The zero-order chi connectivity index (χ0) is 19.8. The first-order chi connectivity index (χ1) is 13.7. The van der Waals surface area contributed by atoms with Gasteiger partial charge >= 0.3 is 0 Å². The van der Waals surface area contributed by atoms with Gasteiger partial charge in [-0.1, -0.05) is 48.5 Å². The van der Waals surface area contributed by atoms with Gasteiger partial charge in [-0.15, -0.1) is 0 Å². The van der Waals surface area contributed by atoms with E-state index in [1.807, 2.05) is 54.6 Å². The van der Waals surface area contributed by atoms with Crippen molar-refractivity contribution in [1.29, 1.82) is 0 Å². The summed E-state index contributed by atoms with van der Waals surface area (Å²) in [5, 5.41) is 10.4. The van der Waals surface area contributed by atoms with E-state index in [1.54, 1.807) is 4.90 Å². The molecule has 3 aromatic rings. The fraction of sp³-hybridized carbons (Fsp3) is 0.286. The fourth-order valence-corrected chi connectivity index (χ4v) is 3.09. The molecular formula is C21H25N5O2. The van der Waals surface area contributed by atoms with Gasteiger partial charge in [-0.2, -0.15) is 5.10 Å². The molecule has 146 valence electrons. The number of hydrogen-bond donors (Lipinski definition) is 3. The molecule has 0 saturated heterocycles. The van der Waals surface area contributed by atoms with Crippen molar-refractivity contribution in [2.75, 3.05) is 26.2 Å². The van der Waals surface area contributed by atoms with Crippen LogP contribution in [0.5, 0.6) is 0 Å².